The standard InChI is InChI=1S/C12H8BrClFNO3S/c13-9-6-8(20(16,17)18)2-4-11(9)19-12-3-1-7(15)5-10(12)14/h1-6H,(H2,16,17,18). The van der Waals surface area contributed by atoms with Crippen molar-refractivity contribution in [1.29, 1.82) is 0 Å². The molecule has 0 saturated heterocycles. The molecule has 0 unspecified atom stereocenters. The molecule has 0 heterocycles. The van der Waals surface area contributed by atoms with E-state index in [0.29, 0.717) is 10.2 Å². The minimum atomic E-state index is -3.79. The van der Waals surface area contributed by atoms with Crippen molar-refractivity contribution in [2.24, 2.45) is 5.14 Å². The van der Waals surface area contributed by atoms with Gasteiger partial charge in [-0.15, -0.1) is 0 Å². The zero-order valence-corrected chi connectivity index (χ0v) is 13.0. The van der Waals surface area contributed by atoms with Gasteiger partial charge in [0.15, 0.2) is 0 Å². The Labute approximate surface area is 128 Å². The normalized spacial score (nSPS) is 11.4. The van der Waals surface area contributed by atoms with Crippen LogP contribution in [-0.4, -0.2) is 8.42 Å². The van der Waals surface area contributed by atoms with Crippen molar-refractivity contribution in [1.82, 2.24) is 0 Å². The summed E-state index contributed by atoms with van der Waals surface area (Å²) in [5.74, 6) is 0.0917. The quantitative estimate of drug-likeness (QED) is 0.883. The Morgan fingerprint density at radius 1 is 1.15 bits per heavy atom. The molecule has 8 heteroatoms. The van der Waals surface area contributed by atoms with Crippen molar-refractivity contribution < 1.29 is 17.5 Å². The number of ether oxygens (including phenoxy) is 1. The van der Waals surface area contributed by atoms with Crippen molar-refractivity contribution in [3.63, 3.8) is 0 Å². The first-order valence-electron chi connectivity index (χ1n) is 5.22. The summed E-state index contributed by atoms with van der Waals surface area (Å²) in [7, 11) is -3.79. The van der Waals surface area contributed by atoms with Crippen molar-refractivity contribution in [2.75, 3.05) is 0 Å². The fourth-order valence-electron chi connectivity index (χ4n) is 1.42. The molecule has 2 aromatic rings. The molecule has 2 N–H and O–H groups in total. The van der Waals surface area contributed by atoms with Crippen LogP contribution in [0.15, 0.2) is 45.8 Å². The lowest BCUT2D eigenvalue weighted by atomic mass is 10.3. The molecule has 0 spiro atoms. The summed E-state index contributed by atoms with van der Waals surface area (Å²) in [5, 5.41) is 5.12. The Balaban J connectivity index is 2.35. The molecule has 0 aliphatic rings. The van der Waals surface area contributed by atoms with Crippen LogP contribution < -0.4 is 9.88 Å². The average molecular weight is 381 g/mol. The third-order valence-electron chi connectivity index (χ3n) is 2.35. The molecular weight excluding hydrogens is 373 g/mol. The molecule has 0 aliphatic heterocycles. The topological polar surface area (TPSA) is 69.4 Å². The SMILES string of the molecule is NS(=O)(=O)c1ccc(Oc2ccc(F)cc2Cl)c(Br)c1. The molecule has 20 heavy (non-hydrogen) atoms. The van der Waals surface area contributed by atoms with E-state index in [-0.39, 0.29) is 15.7 Å². The van der Waals surface area contributed by atoms with E-state index >= 15 is 0 Å². The minimum absolute atomic E-state index is 0.0538. The fraction of sp³-hybridized carbons (Fsp3) is 0. The van der Waals surface area contributed by atoms with E-state index < -0.39 is 15.8 Å². The molecule has 0 amide bonds. The van der Waals surface area contributed by atoms with Crippen molar-refractivity contribution in [3.05, 3.63) is 51.7 Å². The van der Waals surface area contributed by atoms with Gasteiger partial charge in [-0.1, -0.05) is 11.6 Å². The van der Waals surface area contributed by atoms with Crippen molar-refractivity contribution >= 4 is 37.6 Å². The first-order chi connectivity index (χ1) is 9.27. The van der Waals surface area contributed by atoms with Gasteiger partial charge in [0.05, 0.1) is 14.4 Å². The maximum Gasteiger partial charge on any atom is 0.238 e. The number of halogens is 3. The number of benzene rings is 2. The van der Waals surface area contributed by atoms with Gasteiger partial charge in [-0.25, -0.2) is 17.9 Å². The maximum atomic E-state index is 12.9. The Hall–Kier alpha value is -1.15. The van der Waals surface area contributed by atoms with Gasteiger partial charge in [-0.05, 0) is 52.3 Å². The highest BCUT2D eigenvalue weighted by atomic mass is 79.9. The second-order valence-corrected chi connectivity index (χ2v) is 6.64. The second-order valence-electron chi connectivity index (χ2n) is 3.81. The van der Waals surface area contributed by atoms with E-state index in [0.717, 1.165) is 6.07 Å². The molecule has 2 aromatic carbocycles. The zero-order valence-electron chi connectivity index (χ0n) is 9.81. The first-order valence-corrected chi connectivity index (χ1v) is 7.94. The highest BCUT2D eigenvalue weighted by Gasteiger charge is 2.12. The molecule has 0 aliphatic carbocycles. The molecule has 0 fully saturated rings. The third kappa shape index (κ3) is 3.49. The van der Waals surface area contributed by atoms with Gasteiger partial charge in [-0.2, -0.15) is 0 Å². The van der Waals surface area contributed by atoms with Crippen LogP contribution in [0.25, 0.3) is 0 Å². The number of nitrogens with two attached hydrogens (primary N) is 1. The molecule has 0 aromatic heterocycles. The van der Waals surface area contributed by atoms with Gasteiger partial charge in [0.25, 0.3) is 0 Å². The summed E-state index contributed by atoms with van der Waals surface area (Å²) in [6, 6.07) is 7.72. The highest BCUT2D eigenvalue weighted by molar-refractivity contribution is 9.10. The Morgan fingerprint density at radius 2 is 1.80 bits per heavy atom. The van der Waals surface area contributed by atoms with Crippen LogP contribution in [0.3, 0.4) is 0 Å². The van der Waals surface area contributed by atoms with E-state index in [1.807, 2.05) is 0 Å². The van der Waals surface area contributed by atoms with Crippen molar-refractivity contribution in [2.45, 2.75) is 4.90 Å². The zero-order chi connectivity index (χ0) is 14.9. The molecule has 0 radical (unpaired) electrons. The average Bonchev–Trinajstić information content (AvgIpc) is 2.33. The number of hydrogen-bond acceptors (Lipinski definition) is 3. The summed E-state index contributed by atoms with van der Waals surface area (Å²) in [4.78, 5) is -0.0538. The Morgan fingerprint density at radius 3 is 2.35 bits per heavy atom. The van der Waals surface area contributed by atoms with Crippen LogP contribution in [-0.2, 0) is 10.0 Å². The van der Waals surface area contributed by atoms with Gasteiger partial charge in [-0.3, -0.25) is 0 Å². The molecule has 0 saturated carbocycles. The summed E-state index contributed by atoms with van der Waals surface area (Å²) in [5.41, 5.74) is 0. The number of sulfonamides is 1. The fourth-order valence-corrected chi connectivity index (χ4v) is 2.77. The number of rotatable bonds is 3. The first kappa shape index (κ1) is 15.2. The summed E-state index contributed by atoms with van der Waals surface area (Å²) in [6.07, 6.45) is 0. The predicted octanol–water partition coefficient (Wildman–Crippen LogP) is 3.68. The van der Waals surface area contributed by atoms with E-state index in [4.69, 9.17) is 21.5 Å². The Kier molecular flexibility index (Phi) is 4.33. The van der Waals surface area contributed by atoms with Crippen LogP contribution in [0.4, 0.5) is 4.39 Å². The van der Waals surface area contributed by atoms with Crippen LogP contribution in [0.2, 0.25) is 5.02 Å². The largest absolute Gasteiger partial charge is 0.455 e. The van der Waals surface area contributed by atoms with Crippen LogP contribution in [0, 0.1) is 5.82 Å². The maximum absolute atomic E-state index is 12.9. The Bertz CT molecular complexity index is 767. The third-order valence-corrected chi connectivity index (χ3v) is 4.17. The van der Waals surface area contributed by atoms with E-state index in [9.17, 15) is 12.8 Å². The predicted molar refractivity (Wildman–Crippen MR) is 77.0 cm³/mol. The molecule has 106 valence electrons. The number of primary sulfonamides is 1. The van der Waals surface area contributed by atoms with Gasteiger partial charge >= 0.3 is 0 Å². The van der Waals surface area contributed by atoms with Gasteiger partial charge in [0.2, 0.25) is 10.0 Å². The monoisotopic (exact) mass is 379 g/mol. The lowest BCUT2D eigenvalue weighted by Gasteiger charge is -2.10. The van der Waals surface area contributed by atoms with E-state index in [1.165, 1.54) is 30.3 Å². The van der Waals surface area contributed by atoms with E-state index in [2.05, 4.69) is 15.9 Å². The van der Waals surface area contributed by atoms with Crippen molar-refractivity contribution in [3.8, 4) is 11.5 Å². The smallest absolute Gasteiger partial charge is 0.238 e. The summed E-state index contributed by atoms with van der Waals surface area (Å²) in [6.45, 7) is 0. The van der Waals surface area contributed by atoms with Gasteiger partial charge in [0.1, 0.15) is 17.3 Å². The number of hydrogen-bond donors (Lipinski definition) is 1. The minimum Gasteiger partial charge on any atom is -0.455 e. The lowest BCUT2D eigenvalue weighted by molar-refractivity contribution is 0.477. The van der Waals surface area contributed by atoms with Crippen LogP contribution >= 0.6 is 27.5 Å². The molecular formula is C12H8BrClFNO3S. The summed E-state index contributed by atoms with van der Waals surface area (Å²) >= 11 is 9.01. The van der Waals surface area contributed by atoms with Gasteiger partial charge in [0, 0.05) is 0 Å². The lowest BCUT2D eigenvalue weighted by Crippen LogP contribution is -2.11. The summed E-state index contributed by atoms with van der Waals surface area (Å²) < 4.78 is 41.2. The second kappa shape index (κ2) is 5.69. The molecule has 4 nitrogen and oxygen atoms in total. The molecule has 0 atom stereocenters. The van der Waals surface area contributed by atoms with E-state index in [1.54, 1.807) is 0 Å². The van der Waals surface area contributed by atoms with Gasteiger partial charge < -0.3 is 4.74 Å². The highest BCUT2D eigenvalue weighted by Crippen LogP contribution is 2.34. The van der Waals surface area contributed by atoms with Crippen LogP contribution in [0.1, 0.15) is 0 Å². The van der Waals surface area contributed by atoms with Crippen LogP contribution in [0.5, 0.6) is 11.5 Å². The molecule has 2 rings (SSSR count). The molecule has 0 bridgehead atoms.